The summed E-state index contributed by atoms with van der Waals surface area (Å²) in [6.45, 7) is 4.25. The van der Waals surface area contributed by atoms with Gasteiger partial charge in [-0.25, -0.2) is 0 Å². The number of aromatic nitrogens is 4. The summed E-state index contributed by atoms with van der Waals surface area (Å²) in [5.74, 6) is 1.57. The maximum Gasteiger partial charge on any atom is 0.188 e. The summed E-state index contributed by atoms with van der Waals surface area (Å²) >= 11 is 3.57. The van der Waals surface area contributed by atoms with Crippen molar-refractivity contribution in [2.45, 2.75) is 25.9 Å². The van der Waals surface area contributed by atoms with Crippen molar-refractivity contribution in [1.82, 2.24) is 25.1 Å². The van der Waals surface area contributed by atoms with E-state index in [4.69, 9.17) is 0 Å². The molecule has 1 fully saturated rings. The Morgan fingerprint density at radius 3 is 2.93 bits per heavy atom. The second kappa shape index (κ2) is 4.57. The average molecular weight is 274 g/mol. The van der Waals surface area contributed by atoms with Crippen LogP contribution < -0.4 is 0 Å². The van der Waals surface area contributed by atoms with Crippen LogP contribution in [-0.2, 0) is 13.6 Å². The van der Waals surface area contributed by atoms with Gasteiger partial charge in [-0.2, -0.15) is 4.80 Å². The maximum absolute atomic E-state index is 4.21. The van der Waals surface area contributed by atoms with Gasteiger partial charge in [-0.3, -0.25) is 4.90 Å². The number of rotatable bonds is 3. The van der Waals surface area contributed by atoms with Crippen molar-refractivity contribution < 1.29 is 0 Å². The Kier molecular flexibility index (Phi) is 3.35. The highest BCUT2D eigenvalue weighted by molar-refractivity contribution is 9.09. The zero-order valence-electron chi connectivity index (χ0n) is 9.10. The molecule has 84 valence electrons. The van der Waals surface area contributed by atoms with Crippen molar-refractivity contribution >= 4 is 15.9 Å². The predicted octanol–water partition coefficient (Wildman–Crippen LogP) is 0.815. The van der Waals surface area contributed by atoms with Crippen molar-refractivity contribution in [3.8, 4) is 0 Å². The van der Waals surface area contributed by atoms with Crippen LogP contribution in [0.4, 0.5) is 0 Å². The Morgan fingerprint density at radius 1 is 1.53 bits per heavy atom. The lowest BCUT2D eigenvalue weighted by Gasteiger charge is -2.23. The van der Waals surface area contributed by atoms with Crippen LogP contribution in [0.15, 0.2) is 0 Å². The lowest BCUT2D eigenvalue weighted by atomic mass is 10.1. The summed E-state index contributed by atoms with van der Waals surface area (Å²) < 4.78 is 0. The molecular weight excluding hydrogens is 258 g/mol. The highest BCUT2D eigenvalue weighted by Gasteiger charge is 2.30. The summed E-state index contributed by atoms with van der Waals surface area (Å²) in [5, 5.41) is 13.1. The summed E-state index contributed by atoms with van der Waals surface area (Å²) in [6.07, 6.45) is 1.26. The summed E-state index contributed by atoms with van der Waals surface area (Å²) in [6, 6.07) is 0.605. The minimum atomic E-state index is 0.605. The Hall–Kier alpha value is -0.490. The fourth-order valence-electron chi connectivity index (χ4n) is 2.10. The summed E-state index contributed by atoms with van der Waals surface area (Å²) in [5.41, 5.74) is 0. The van der Waals surface area contributed by atoms with Crippen LogP contribution in [0, 0.1) is 5.92 Å². The van der Waals surface area contributed by atoms with Crippen LogP contribution >= 0.6 is 15.9 Å². The van der Waals surface area contributed by atoms with E-state index >= 15 is 0 Å². The minimum absolute atomic E-state index is 0.605. The van der Waals surface area contributed by atoms with Crippen LogP contribution in [0.2, 0.25) is 0 Å². The number of nitrogens with zero attached hydrogens (tertiary/aromatic N) is 5. The van der Waals surface area contributed by atoms with Gasteiger partial charge >= 0.3 is 0 Å². The third-order valence-corrected chi connectivity index (χ3v) is 3.71. The molecule has 5 nitrogen and oxygen atoms in total. The zero-order valence-corrected chi connectivity index (χ0v) is 10.7. The Balaban J connectivity index is 2.00. The lowest BCUT2D eigenvalue weighted by molar-refractivity contribution is 0.238. The van der Waals surface area contributed by atoms with E-state index in [1.54, 1.807) is 7.05 Å². The lowest BCUT2D eigenvalue weighted by Crippen LogP contribution is -2.33. The molecule has 0 aliphatic carbocycles. The first-order valence-electron chi connectivity index (χ1n) is 5.23. The van der Waals surface area contributed by atoms with Gasteiger partial charge in [0.2, 0.25) is 0 Å². The number of halogens is 1. The molecule has 2 heterocycles. The van der Waals surface area contributed by atoms with Crippen molar-refractivity contribution in [2.75, 3.05) is 11.9 Å². The van der Waals surface area contributed by atoms with Gasteiger partial charge in [0.1, 0.15) is 0 Å². The first-order chi connectivity index (χ1) is 7.20. The molecule has 0 amide bonds. The Morgan fingerprint density at radius 2 is 2.33 bits per heavy atom. The van der Waals surface area contributed by atoms with Gasteiger partial charge in [0.15, 0.2) is 5.82 Å². The molecule has 0 aromatic carbocycles. The number of aryl methyl sites for hydroxylation is 1. The molecule has 1 aromatic rings. The van der Waals surface area contributed by atoms with E-state index in [2.05, 4.69) is 43.2 Å². The first-order valence-corrected chi connectivity index (χ1v) is 6.35. The molecule has 0 bridgehead atoms. The second-order valence-electron chi connectivity index (χ2n) is 4.15. The molecule has 2 rings (SSSR count). The summed E-state index contributed by atoms with van der Waals surface area (Å²) in [7, 11) is 1.80. The molecule has 0 N–H and O–H groups in total. The fourth-order valence-corrected chi connectivity index (χ4v) is 3.15. The second-order valence-corrected chi connectivity index (χ2v) is 4.80. The van der Waals surface area contributed by atoms with E-state index in [-0.39, 0.29) is 0 Å². The highest BCUT2D eigenvalue weighted by Crippen LogP contribution is 2.26. The van der Waals surface area contributed by atoms with Gasteiger partial charge in [0.25, 0.3) is 0 Å². The van der Waals surface area contributed by atoms with Crippen molar-refractivity contribution in [2.24, 2.45) is 13.0 Å². The molecule has 6 heteroatoms. The minimum Gasteiger partial charge on any atom is -0.292 e. The molecule has 0 spiro atoms. The first kappa shape index (κ1) is 11.0. The molecule has 2 unspecified atom stereocenters. The molecule has 1 aromatic heterocycles. The largest absolute Gasteiger partial charge is 0.292 e. The molecule has 15 heavy (non-hydrogen) atoms. The van der Waals surface area contributed by atoms with E-state index < -0.39 is 0 Å². The third kappa shape index (κ3) is 2.36. The average Bonchev–Trinajstić information content (AvgIpc) is 2.75. The number of tetrazole rings is 1. The van der Waals surface area contributed by atoms with E-state index in [0.717, 1.165) is 30.2 Å². The Labute approximate surface area is 98.0 Å². The maximum atomic E-state index is 4.21. The SMILES string of the molecule is CC1CCN(Cc2nnn(C)n2)C1CBr. The van der Waals surface area contributed by atoms with Crippen molar-refractivity contribution in [3.05, 3.63) is 5.82 Å². The van der Waals surface area contributed by atoms with Gasteiger partial charge in [0, 0.05) is 11.4 Å². The molecule has 0 radical (unpaired) electrons. The smallest absolute Gasteiger partial charge is 0.188 e. The van der Waals surface area contributed by atoms with Gasteiger partial charge < -0.3 is 0 Å². The van der Waals surface area contributed by atoms with Crippen LogP contribution in [0.1, 0.15) is 19.2 Å². The number of alkyl halides is 1. The monoisotopic (exact) mass is 273 g/mol. The normalized spacial score (nSPS) is 27.4. The standard InChI is InChI=1S/C9H16BrN5/c1-7-3-4-15(8(7)5-10)6-9-11-13-14(2)12-9/h7-8H,3-6H2,1-2H3. The Bertz CT molecular complexity index is 326. The van der Waals surface area contributed by atoms with Crippen LogP contribution in [0.5, 0.6) is 0 Å². The van der Waals surface area contributed by atoms with Crippen molar-refractivity contribution in [3.63, 3.8) is 0 Å². The van der Waals surface area contributed by atoms with Gasteiger partial charge in [0.05, 0.1) is 13.6 Å². The van der Waals surface area contributed by atoms with E-state index in [1.807, 2.05) is 0 Å². The predicted molar refractivity (Wildman–Crippen MR) is 60.6 cm³/mol. The highest BCUT2D eigenvalue weighted by atomic mass is 79.9. The van der Waals surface area contributed by atoms with Gasteiger partial charge in [-0.15, -0.1) is 10.2 Å². The quantitative estimate of drug-likeness (QED) is 0.765. The zero-order chi connectivity index (χ0) is 10.8. The number of hydrogen-bond donors (Lipinski definition) is 0. The van der Waals surface area contributed by atoms with Crippen LogP contribution in [0.25, 0.3) is 0 Å². The molecule has 1 aliphatic heterocycles. The molecule has 0 saturated carbocycles. The molecule has 1 saturated heterocycles. The van der Waals surface area contributed by atoms with Crippen LogP contribution in [0.3, 0.4) is 0 Å². The fraction of sp³-hybridized carbons (Fsp3) is 0.889. The van der Waals surface area contributed by atoms with Crippen molar-refractivity contribution in [1.29, 1.82) is 0 Å². The van der Waals surface area contributed by atoms with E-state index in [1.165, 1.54) is 11.2 Å². The topological polar surface area (TPSA) is 46.8 Å². The van der Waals surface area contributed by atoms with Gasteiger partial charge in [-0.1, -0.05) is 22.9 Å². The molecular formula is C9H16BrN5. The third-order valence-electron chi connectivity index (χ3n) is 3.05. The number of hydrogen-bond acceptors (Lipinski definition) is 4. The summed E-state index contributed by atoms with van der Waals surface area (Å²) in [4.78, 5) is 3.94. The van der Waals surface area contributed by atoms with Gasteiger partial charge in [-0.05, 0) is 24.1 Å². The number of likely N-dealkylation sites (tertiary alicyclic amines) is 1. The van der Waals surface area contributed by atoms with Crippen LogP contribution in [-0.4, -0.2) is 43.0 Å². The van der Waals surface area contributed by atoms with E-state index in [9.17, 15) is 0 Å². The van der Waals surface area contributed by atoms with E-state index in [0.29, 0.717) is 6.04 Å². The molecule has 1 aliphatic rings. The molecule has 2 atom stereocenters.